The Labute approximate surface area is 228 Å². The molecule has 4 unspecified atom stereocenters. The van der Waals surface area contributed by atoms with Gasteiger partial charge in [-0.25, -0.2) is 5.09 Å². The summed E-state index contributed by atoms with van der Waals surface area (Å²) in [4.78, 5) is 28.2. The van der Waals surface area contributed by atoms with Crippen molar-refractivity contribution in [1.29, 1.82) is 0 Å². The van der Waals surface area contributed by atoms with Gasteiger partial charge in [-0.05, 0) is 38.0 Å². The lowest BCUT2D eigenvalue weighted by Gasteiger charge is -2.27. The first-order valence-electron chi connectivity index (χ1n) is 12.3. The van der Waals surface area contributed by atoms with Gasteiger partial charge in [-0.2, -0.15) is 8.78 Å². The number of carbonyl (C=O) groups excluding carboxylic acids is 2. The quantitative estimate of drug-likeness (QED) is 0.101. The Morgan fingerprint density at radius 3 is 2.51 bits per heavy atom. The van der Waals surface area contributed by atoms with Crippen LogP contribution in [0.3, 0.4) is 0 Å². The molecule has 3 N–H and O–H groups in total. The lowest BCUT2D eigenvalue weighted by atomic mass is 10.1. The van der Waals surface area contributed by atoms with E-state index in [1.165, 1.54) is 26.4 Å². The van der Waals surface area contributed by atoms with Crippen molar-refractivity contribution < 1.29 is 42.0 Å². The first kappa shape index (κ1) is 32.5. The number of hydrogen-bond donors (Lipinski definition) is 3. The Kier molecular flexibility index (Phi) is 12.7. The highest BCUT2D eigenvalue weighted by Crippen LogP contribution is 2.41. The van der Waals surface area contributed by atoms with Crippen molar-refractivity contribution in [3.63, 3.8) is 0 Å². The number of para-hydroxylation sites is 1. The van der Waals surface area contributed by atoms with Crippen molar-refractivity contribution >= 4 is 26.7 Å². The third kappa shape index (κ3) is 9.47. The van der Waals surface area contributed by atoms with Crippen molar-refractivity contribution in [2.45, 2.75) is 64.2 Å². The molecule has 1 heterocycles. The maximum absolute atomic E-state index is 15.0. The lowest BCUT2D eigenvalue weighted by Crippen LogP contribution is -2.46. The van der Waals surface area contributed by atoms with Crippen molar-refractivity contribution in [2.24, 2.45) is 10.9 Å². The molecule has 0 saturated carbocycles. The van der Waals surface area contributed by atoms with E-state index < -0.39 is 51.5 Å². The second-order valence-corrected chi connectivity index (χ2v) is 10.5. The molecule has 0 aliphatic carbocycles. The third-order valence-electron chi connectivity index (χ3n) is 5.47. The minimum Gasteiger partial charge on any atom is -0.462 e. The van der Waals surface area contributed by atoms with Gasteiger partial charge in [0.1, 0.15) is 23.7 Å². The Morgan fingerprint density at radius 2 is 1.95 bits per heavy atom. The second kappa shape index (κ2) is 15.2. The molecule has 2 rings (SSSR count). The molecule has 1 amide bonds. The zero-order valence-corrected chi connectivity index (χ0v) is 23.7. The molecular weight excluding hydrogens is 537 g/mol. The molecule has 0 radical (unpaired) electrons. The summed E-state index contributed by atoms with van der Waals surface area (Å²) >= 11 is 0. The van der Waals surface area contributed by atoms with Gasteiger partial charge in [-0.3, -0.25) is 14.6 Å². The van der Waals surface area contributed by atoms with Crippen molar-refractivity contribution in [1.82, 2.24) is 15.3 Å². The maximum atomic E-state index is 15.0. The van der Waals surface area contributed by atoms with Crippen molar-refractivity contribution in [3.05, 3.63) is 42.6 Å². The fourth-order valence-electron chi connectivity index (χ4n) is 3.44. The Bertz CT molecular complexity index is 984. The summed E-state index contributed by atoms with van der Waals surface area (Å²) in [6.45, 7) is 6.62. The van der Waals surface area contributed by atoms with Crippen LogP contribution >= 0.6 is 8.53 Å². The number of nitrogens with zero attached hydrogens (tertiary/aromatic N) is 2. The van der Waals surface area contributed by atoms with Gasteiger partial charge >= 0.3 is 20.4 Å². The largest absolute Gasteiger partial charge is 0.462 e. The lowest BCUT2D eigenvalue weighted by molar-refractivity contribution is -0.151. The molecule has 14 heteroatoms. The van der Waals surface area contributed by atoms with Gasteiger partial charge in [0.25, 0.3) is 0 Å². The summed E-state index contributed by atoms with van der Waals surface area (Å²) in [7, 11) is 0.699. The number of amidine groups is 1. The van der Waals surface area contributed by atoms with E-state index in [4.69, 9.17) is 18.5 Å². The number of aliphatic imine (C=N–C) groups is 1. The number of rotatable bonds is 14. The summed E-state index contributed by atoms with van der Waals surface area (Å²) in [6, 6.07) is 7.83. The molecule has 11 nitrogen and oxygen atoms in total. The summed E-state index contributed by atoms with van der Waals surface area (Å²) in [5.41, 5.74) is 0. The zero-order chi connectivity index (χ0) is 29.2. The molecule has 0 bridgehead atoms. The summed E-state index contributed by atoms with van der Waals surface area (Å²) < 4.78 is 52.5. The fraction of sp³-hybridized carbons (Fsp3) is 0.560. The Morgan fingerprint density at radius 1 is 1.28 bits per heavy atom. The van der Waals surface area contributed by atoms with E-state index in [2.05, 4.69) is 15.4 Å². The number of alkyl halides is 2. The maximum Gasteiger partial charge on any atom is 0.324 e. The number of ether oxygens (including phenoxy) is 2. The average molecular weight is 575 g/mol. The molecular formula is C25H37F2N4O7P. The summed E-state index contributed by atoms with van der Waals surface area (Å²) in [5.74, 6) is -3.81. The van der Waals surface area contributed by atoms with Crippen LogP contribution in [0.2, 0.25) is 0 Å². The molecule has 1 aliphatic heterocycles. The zero-order valence-electron chi connectivity index (χ0n) is 22.8. The van der Waals surface area contributed by atoms with Crippen LogP contribution in [0.25, 0.3) is 0 Å². The SMILES string of the molecule is CN=C(/C=C\N(C)C1OC(COP(NC(C(=O)OC(C)C)C(C)C)Oc2ccccc2)[C@@H](O)C1(F)F)NC=O. The van der Waals surface area contributed by atoms with Gasteiger partial charge in [0.05, 0.1) is 12.7 Å². The molecule has 1 fully saturated rings. The van der Waals surface area contributed by atoms with Gasteiger partial charge in [0, 0.05) is 20.3 Å². The number of esters is 1. The Balaban J connectivity index is 2.17. The number of aliphatic hydroxyl groups excluding tert-OH is 1. The van der Waals surface area contributed by atoms with Crippen molar-refractivity contribution in [3.8, 4) is 5.75 Å². The van der Waals surface area contributed by atoms with Crippen LogP contribution in [0, 0.1) is 5.92 Å². The summed E-state index contributed by atoms with van der Waals surface area (Å²) in [5, 5.41) is 15.7. The third-order valence-corrected chi connectivity index (χ3v) is 6.72. The molecule has 1 aromatic carbocycles. The van der Waals surface area contributed by atoms with Crippen LogP contribution in [0.5, 0.6) is 5.75 Å². The molecule has 0 spiro atoms. The van der Waals surface area contributed by atoms with E-state index in [0.29, 0.717) is 12.2 Å². The highest BCUT2D eigenvalue weighted by molar-refractivity contribution is 7.45. The minimum atomic E-state index is -3.66. The topological polar surface area (TPSA) is 131 Å². The first-order valence-corrected chi connectivity index (χ1v) is 13.5. The van der Waals surface area contributed by atoms with E-state index >= 15 is 0 Å². The predicted molar refractivity (Wildman–Crippen MR) is 142 cm³/mol. The summed E-state index contributed by atoms with van der Waals surface area (Å²) in [6.07, 6.45) is -2.82. The molecule has 0 aromatic heterocycles. The van der Waals surface area contributed by atoms with Gasteiger partial charge in [0.2, 0.25) is 6.41 Å². The average Bonchev–Trinajstić information content (AvgIpc) is 3.11. The molecule has 1 aliphatic rings. The molecule has 39 heavy (non-hydrogen) atoms. The standard InChI is InChI=1S/C25H37F2N4O7P/c1-16(2)21(23(34)36-17(3)4)30-39(38-18-10-8-7-9-11-18)35-14-19-22(33)25(26,27)24(37-19)31(6)13-12-20(28-5)29-15-32/h7-13,15-17,19,21-22,24,30,33H,14H2,1-6H3,(H,28,29,32)/b13-12-/t19?,21?,22-,24?,39?/m1/s1. The van der Waals surface area contributed by atoms with Crippen LogP contribution in [0.15, 0.2) is 47.6 Å². The van der Waals surface area contributed by atoms with E-state index in [1.54, 1.807) is 44.2 Å². The van der Waals surface area contributed by atoms with Crippen LogP contribution in [0.1, 0.15) is 27.7 Å². The van der Waals surface area contributed by atoms with Crippen LogP contribution in [-0.4, -0.2) is 85.4 Å². The number of benzene rings is 1. The van der Waals surface area contributed by atoms with Crippen LogP contribution < -0.4 is 14.9 Å². The second-order valence-electron chi connectivity index (χ2n) is 9.29. The Hall–Kier alpha value is -2.70. The molecule has 218 valence electrons. The van der Waals surface area contributed by atoms with Gasteiger partial charge in [0.15, 0.2) is 12.3 Å². The number of amides is 1. The van der Waals surface area contributed by atoms with E-state index in [1.807, 2.05) is 13.8 Å². The number of halogens is 2. The van der Waals surface area contributed by atoms with Crippen LogP contribution in [0.4, 0.5) is 8.78 Å². The number of carbonyl (C=O) groups is 2. The van der Waals surface area contributed by atoms with Gasteiger partial charge in [-0.1, -0.05) is 32.0 Å². The highest BCUT2D eigenvalue weighted by atomic mass is 31.2. The normalized spacial score (nSPS) is 22.6. The fourth-order valence-corrected chi connectivity index (χ4v) is 4.84. The molecule has 1 aromatic rings. The number of hydrogen-bond acceptors (Lipinski definition) is 10. The van der Waals surface area contributed by atoms with E-state index in [-0.39, 0.29) is 17.9 Å². The minimum absolute atomic E-state index is 0.143. The van der Waals surface area contributed by atoms with E-state index in [9.17, 15) is 23.5 Å². The van der Waals surface area contributed by atoms with Gasteiger partial charge < -0.3 is 33.8 Å². The first-order chi connectivity index (χ1) is 18.4. The van der Waals surface area contributed by atoms with E-state index in [0.717, 1.165) is 4.90 Å². The van der Waals surface area contributed by atoms with Gasteiger partial charge in [-0.15, -0.1) is 0 Å². The van der Waals surface area contributed by atoms with Crippen molar-refractivity contribution in [2.75, 3.05) is 20.7 Å². The number of nitrogens with one attached hydrogen (secondary N) is 2. The number of aliphatic hydroxyl groups is 1. The monoisotopic (exact) mass is 574 g/mol. The molecule has 5 atom stereocenters. The van der Waals surface area contributed by atoms with Crippen LogP contribution in [-0.2, 0) is 23.6 Å². The smallest absolute Gasteiger partial charge is 0.324 e. The predicted octanol–water partition coefficient (Wildman–Crippen LogP) is 2.82. The molecule has 1 saturated heterocycles. The highest BCUT2D eigenvalue weighted by Gasteiger charge is 2.60.